The van der Waals surface area contributed by atoms with Gasteiger partial charge in [0, 0.05) is 33.5 Å². The molecule has 0 aliphatic heterocycles. The van der Waals surface area contributed by atoms with Gasteiger partial charge >= 0.3 is 0 Å². The minimum Gasteiger partial charge on any atom is -0.385 e. The zero-order valence-corrected chi connectivity index (χ0v) is 13.2. The summed E-state index contributed by atoms with van der Waals surface area (Å²) in [5.41, 5.74) is 2.73. The molecule has 1 unspecified atom stereocenters. The molecular formula is C17H29NO2. The molecule has 0 bridgehead atoms. The highest BCUT2D eigenvalue weighted by Gasteiger charge is 2.11. The number of hydrogen-bond acceptors (Lipinski definition) is 3. The van der Waals surface area contributed by atoms with Crippen molar-refractivity contribution >= 4 is 0 Å². The number of hydrogen-bond donors (Lipinski definition) is 1. The van der Waals surface area contributed by atoms with Gasteiger partial charge in [-0.25, -0.2) is 0 Å². The standard InChI is InChI=1S/C17H29NO2/c1-4-18-14-17(9-12-20-11-6-10-19-3)16-8-5-7-15(2)13-16/h5,7-8,13,17-18H,4,6,9-12,14H2,1-3H3. The summed E-state index contributed by atoms with van der Waals surface area (Å²) in [7, 11) is 1.73. The van der Waals surface area contributed by atoms with E-state index < -0.39 is 0 Å². The predicted octanol–water partition coefficient (Wildman–Crippen LogP) is 3.13. The zero-order chi connectivity index (χ0) is 14.6. The molecule has 0 aromatic heterocycles. The van der Waals surface area contributed by atoms with E-state index in [1.165, 1.54) is 11.1 Å². The van der Waals surface area contributed by atoms with Crippen LogP contribution in [0.25, 0.3) is 0 Å². The summed E-state index contributed by atoms with van der Waals surface area (Å²) in [5, 5.41) is 3.45. The summed E-state index contributed by atoms with van der Waals surface area (Å²) in [4.78, 5) is 0. The highest BCUT2D eigenvalue weighted by Crippen LogP contribution is 2.20. The summed E-state index contributed by atoms with van der Waals surface area (Å²) in [6.07, 6.45) is 2.03. The smallest absolute Gasteiger partial charge is 0.0487 e. The van der Waals surface area contributed by atoms with Crippen LogP contribution in [0.4, 0.5) is 0 Å². The van der Waals surface area contributed by atoms with E-state index in [0.29, 0.717) is 5.92 Å². The Morgan fingerprint density at radius 3 is 2.75 bits per heavy atom. The SMILES string of the molecule is CCNCC(CCOCCCOC)c1cccc(C)c1. The fourth-order valence-corrected chi connectivity index (χ4v) is 2.26. The third-order valence-electron chi connectivity index (χ3n) is 3.40. The van der Waals surface area contributed by atoms with Crippen LogP contribution in [-0.2, 0) is 9.47 Å². The summed E-state index contributed by atoms with van der Waals surface area (Å²) in [5.74, 6) is 0.525. The number of nitrogens with one attached hydrogen (secondary N) is 1. The van der Waals surface area contributed by atoms with Crippen molar-refractivity contribution in [2.75, 3.05) is 40.0 Å². The fourth-order valence-electron chi connectivity index (χ4n) is 2.26. The molecule has 0 aliphatic rings. The largest absolute Gasteiger partial charge is 0.385 e. The van der Waals surface area contributed by atoms with E-state index in [1.807, 2.05) is 0 Å². The number of likely N-dealkylation sites (N-methyl/N-ethyl adjacent to an activating group) is 1. The topological polar surface area (TPSA) is 30.5 Å². The van der Waals surface area contributed by atoms with Gasteiger partial charge in [-0.1, -0.05) is 36.8 Å². The van der Waals surface area contributed by atoms with Crippen molar-refractivity contribution in [1.29, 1.82) is 0 Å². The molecule has 0 saturated carbocycles. The van der Waals surface area contributed by atoms with E-state index in [1.54, 1.807) is 7.11 Å². The van der Waals surface area contributed by atoms with Crippen molar-refractivity contribution in [2.24, 2.45) is 0 Å². The fraction of sp³-hybridized carbons (Fsp3) is 0.647. The van der Waals surface area contributed by atoms with E-state index in [2.05, 4.69) is 43.4 Å². The van der Waals surface area contributed by atoms with Gasteiger partial charge in [-0.3, -0.25) is 0 Å². The zero-order valence-electron chi connectivity index (χ0n) is 13.2. The molecule has 114 valence electrons. The third-order valence-corrected chi connectivity index (χ3v) is 3.40. The van der Waals surface area contributed by atoms with Crippen molar-refractivity contribution in [2.45, 2.75) is 32.6 Å². The lowest BCUT2D eigenvalue weighted by Crippen LogP contribution is -2.22. The maximum Gasteiger partial charge on any atom is 0.0487 e. The van der Waals surface area contributed by atoms with Crippen LogP contribution in [0.15, 0.2) is 24.3 Å². The Hall–Kier alpha value is -0.900. The Bertz CT molecular complexity index is 355. The Labute approximate surface area is 123 Å². The molecule has 1 N–H and O–H groups in total. The van der Waals surface area contributed by atoms with E-state index >= 15 is 0 Å². The maximum absolute atomic E-state index is 5.69. The van der Waals surface area contributed by atoms with Crippen LogP contribution in [-0.4, -0.2) is 40.0 Å². The van der Waals surface area contributed by atoms with Crippen LogP contribution >= 0.6 is 0 Å². The molecule has 0 heterocycles. The highest BCUT2D eigenvalue weighted by molar-refractivity contribution is 5.25. The molecule has 0 saturated heterocycles. The number of rotatable bonds is 11. The molecule has 0 fully saturated rings. The van der Waals surface area contributed by atoms with Crippen LogP contribution in [0.3, 0.4) is 0 Å². The molecule has 3 heteroatoms. The lowest BCUT2D eigenvalue weighted by molar-refractivity contribution is 0.0980. The van der Waals surface area contributed by atoms with Crippen molar-refractivity contribution in [3.8, 4) is 0 Å². The molecule has 0 amide bonds. The summed E-state index contributed by atoms with van der Waals surface area (Å²) in [6.45, 7) is 8.70. The van der Waals surface area contributed by atoms with Crippen LogP contribution < -0.4 is 5.32 Å². The minimum atomic E-state index is 0.525. The Kier molecular flexibility index (Phi) is 9.29. The number of aryl methyl sites for hydroxylation is 1. The third kappa shape index (κ3) is 7.04. The summed E-state index contributed by atoms with van der Waals surface area (Å²) >= 11 is 0. The lowest BCUT2D eigenvalue weighted by Gasteiger charge is -2.18. The first-order valence-electron chi connectivity index (χ1n) is 7.62. The average Bonchev–Trinajstić information content (AvgIpc) is 2.45. The van der Waals surface area contributed by atoms with E-state index in [-0.39, 0.29) is 0 Å². The van der Waals surface area contributed by atoms with Crippen molar-refractivity contribution in [1.82, 2.24) is 5.32 Å². The van der Waals surface area contributed by atoms with Gasteiger partial charge in [0.25, 0.3) is 0 Å². The van der Waals surface area contributed by atoms with Gasteiger partial charge in [0.15, 0.2) is 0 Å². The molecule has 20 heavy (non-hydrogen) atoms. The van der Waals surface area contributed by atoms with Crippen LogP contribution in [0.2, 0.25) is 0 Å². The first kappa shape index (κ1) is 17.2. The molecule has 0 spiro atoms. The van der Waals surface area contributed by atoms with Gasteiger partial charge in [-0.2, -0.15) is 0 Å². The van der Waals surface area contributed by atoms with Crippen molar-refractivity contribution in [3.05, 3.63) is 35.4 Å². The number of methoxy groups -OCH3 is 1. The molecule has 0 aliphatic carbocycles. The van der Waals surface area contributed by atoms with Gasteiger partial charge in [0.05, 0.1) is 0 Å². The van der Waals surface area contributed by atoms with E-state index in [4.69, 9.17) is 9.47 Å². The van der Waals surface area contributed by atoms with Gasteiger partial charge < -0.3 is 14.8 Å². The predicted molar refractivity (Wildman–Crippen MR) is 84.4 cm³/mol. The van der Waals surface area contributed by atoms with Crippen molar-refractivity contribution < 1.29 is 9.47 Å². The first-order valence-corrected chi connectivity index (χ1v) is 7.62. The highest BCUT2D eigenvalue weighted by atomic mass is 16.5. The van der Waals surface area contributed by atoms with Crippen LogP contribution in [0.1, 0.15) is 36.8 Å². The molecule has 1 atom stereocenters. The first-order chi connectivity index (χ1) is 9.77. The monoisotopic (exact) mass is 279 g/mol. The van der Waals surface area contributed by atoms with E-state index in [9.17, 15) is 0 Å². The van der Waals surface area contributed by atoms with Gasteiger partial charge in [0.1, 0.15) is 0 Å². The second kappa shape index (κ2) is 10.8. The lowest BCUT2D eigenvalue weighted by atomic mass is 9.94. The van der Waals surface area contributed by atoms with Crippen LogP contribution in [0, 0.1) is 6.92 Å². The number of benzene rings is 1. The molecule has 1 rings (SSSR count). The van der Waals surface area contributed by atoms with E-state index in [0.717, 1.165) is 45.8 Å². The van der Waals surface area contributed by atoms with Crippen molar-refractivity contribution in [3.63, 3.8) is 0 Å². The minimum absolute atomic E-state index is 0.525. The molecule has 1 aromatic rings. The Balaban J connectivity index is 2.40. The second-order valence-electron chi connectivity index (χ2n) is 5.17. The van der Waals surface area contributed by atoms with Crippen LogP contribution in [0.5, 0.6) is 0 Å². The molecular weight excluding hydrogens is 250 g/mol. The molecule has 1 aromatic carbocycles. The molecule has 0 radical (unpaired) electrons. The van der Waals surface area contributed by atoms with Gasteiger partial charge in [-0.05, 0) is 37.8 Å². The average molecular weight is 279 g/mol. The Morgan fingerprint density at radius 1 is 1.20 bits per heavy atom. The maximum atomic E-state index is 5.69. The van der Waals surface area contributed by atoms with Gasteiger partial charge in [-0.15, -0.1) is 0 Å². The number of ether oxygens (including phenoxy) is 2. The van der Waals surface area contributed by atoms with Gasteiger partial charge in [0.2, 0.25) is 0 Å². The molecule has 3 nitrogen and oxygen atoms in total. The Morgan fingerprint density at radius 2 is 2.05 bits per heavy atom. The summed E-state index contributed by atoms with van der Waals surface area (Å²) < 4.78 is 10.7. The quantitative estimate of drug-likeness (QED) is 0.631. The normalized spacial score (nSPS) is 12.6. The summed E-state index contributed by atoms with van der Waals surface area (Å²) in [6, 6.07) is 8.80. The second-order valence-corrected chi connectivity index (χ2v) is 5.17.